The van der Waals surface area contributed by atoms with Gasteiger partial charge in [0.2, 0.25) is 0 Å². The normalized spacial score (nSPS) is 10.1. The zero-order chi connectivity index (χ0) is 12.1. The molecule has 0 amide bonds. The molecule has 0 atom stereocenters. The summed E-state index contributed by atoms with van der Waals surface area (Å²) in [6.07, 6.45) is 3.20. The summed E-state index contributed by atoms with van der Waals surface area (Å²) in [6, 6.07) is 0. The first-order valence-electron chi connectivity index (χ1n) is 4.94. The van der Waals surface area contributed by atoms with E-state index < -0.39 is 0 Å². The van der Waals surface area contributed by atoms with Gasteiger partial charge in [-0.25, -0.2) is 15.0 Å². The van der Waals surface area contributed by atoms with Crippen LogP contribution in [0.15, 0.2) is 17.7 Å². The third kappa shape index (κ3) is 3.56. The molecule has 0 saturated heterocycles. The van der Waals surface area contributed by atoms with E-state index in [1.165, 1.54) is 18.1 Å². The minimum Gasteiger partial charge on any atom is -0.454 e. The van der Waals surface area contributed by atoms with E-state index in [0.29, 0.717) is 17.2 Å². The molecule has 0 aliphatic rings. The van der Waals surface area contributed by atoms with Gasteiger partial charge >= 0.3 is 5.97 Å². The van der Waals surface area contributed by atoms with Crippen molar-refractivity contribution in [1.82, 2.24) is 19.9 Å². The minimum atomic E-state index is -0.310. The summed E-state index contributed by atoms with van der Waals surface area (Å²) in [4.78, 5) is 26.1. The second kappa shape index (κ2) is 7.14. The Morgan fingerprint density at radius 3 is 3.06 bits per heavy atom. The van der Waals surface area contributed by atoms with Crippen LogP contribution in [0.5, 0.6) is 0 Å². The van der Waals surface area contributed by atoms with Crippen LogP contribution in [-0.2, 0) is 9.53 Å². The zero-order valence-corrected chi connectivity index (χ0v) is 11.0. The van der Waals surface area contributed by atoms with E-state index in [0.717, 1.165) is 5.52 Å². The number of ether oxygens (including phenoxy) is 1. The highest BCUT2D eigenvalue weighted by Crippen LogP contribution is 2.21. The molecule has 0 fully saturated rings. The molecule has 2 aromatic heterocycles. The van der Waals surface area contributed by atoms with Crippen LogP contribution in [0.3, 0.4) is 0 Å². The molecule has 0 radical (unpaired) electrons. The number of imidazole rings is 1. The highest BCUT2D eigenvalue weighted by Gasteiger charge is 2.07. The van der Waals surface area contributed by atoms with Crippen LogP contribution < -0.4 is 5.73 Å². The third-order valence-corrected chi connectivity index (χ3v) is 2.77. The number of rotatable bonds is 5. The summed E-state index contributed by atoms with van der Waals surface area (Å²) in [6.45, 7) is 0.293. The lowest BCUT2D eigenvalue weighted by atomic mass is 10.4. The van der Waals surface area contributed by atoms with E-state index in [1.807, 2.05) is 0 Å². The molecular formula is C9H12ClN5O2S. The fourth-order valence-electron chi connectivity index (χ4n) is 1.19. The SMILES string of the molecule is Cl.NCCC(=O)OCSc1ncnc2nc[nH]c12. The largest absolute Gasteiger partial charge is 0.454 e. The fraction of sp³-hybridized carbons (Fsp3) is 0.333. The first-order chi connectivity index (χ1) is 8.31. The van der Waals surface area contributed by atoms with Crippen LogP contribution in [0.25, 0.3) is 11.2 Å². The van der Waals surface area contributed by atoms with E-state index in [1.54, 1.807) is 6.33 Å². The maximum atomic E-state index is 11.1. The number of hydrogen-bond acceptors (Lipinski definition) is 7. The van der Waals surface area contributed by atoms with Crippen LogP contribution in [0, 0.1) is 0 Å². The summed E-state index contributed by atoms with van der Waals surface area (Å²) in [5.41, 5.74) is 6.57. The van der Waals surface area contributed by atoms with Gasteiger partial charge in [-0.05, 0) is 0 Å². The van der Waals surface area contributed by atoms with Crippen molar-refractivity contribution in [2.75, 3.05) is 12.5 Å². The number of nitrogens with zero attached hydrogens (tertiary/aromatic N) is 3. The third-order valence-electron chi connectivity index (χ3n) is 1.95. The monoisotopic (exact) mass is 289 g/mol. The molecule has 9 heteroatoms. The number of halogens is 1. The molecule has 0 bridgehead atoms. The standard InChI is InChI=1S/C9H11N5O2S.ClH/c10-2-1-6(15)16-5-17-9-7-8(12-3-11-7)13-4-14-9;/h3-4H,1-2,5,10H2,(H,11,12,13,14);1H. The highest BCUT2D eigenvalue weighted by atomic mass is 35.5. The number of aromatic amines is 1. The Labute approximate surface area is 113 Å². The van der Waals surface area contributed by atoms with Gasteiger partial charge in [0.25, 0.3) is 0 Å². The van der Waals surface area contributed by atoms with Crippen molar-refractivity contribution in [2.45, 2.75) is 11.4 Å². The van der Waals surface area contributed by atoms with Crippen molar-refractivity contribution in [1.29, 1.82) is 0 Å². The van der Waals surface area contributed by atoms with Crippen molar-refractivity contribution in [3.05, 3.63) is 12.7 Å². The summed E-state index contributed by atoms with van der Waals surface area (Å²) in [5, 5.41) is 0.702. The van der Waals surface area contributed by atoms with Crippen molar-refractivity contribution in [3.8, 4) is 0 Å². The topological polar surface area (TPSA) is 107 Å². The molecule has 18 heavy (non-hydrogen) atoms. The number of nitrogens with two attached hydrogens (primary N) is 1. The summed E-state index contributed by atoms with van der Waals surface area (Å²) in [5.74, 6) is -0.112. The van der Waals surface area contributed by atoms with Gasteiger partial charge in [-0.3, -0.25) is 4.79 Å². The molecule has 3 N–H and O–H groups in total. The summed E-state index contributed by atoms with van der Waals surface area (Å²) in [7, 11) is 0. The molecular weight excluding hydrogens is 278 g/mol. The van der Waals surface area contributed by atoms with Crippen LogP contribution >= 0.6 is 24.2 Å². The highest BCUT2D eigenvalue weighted by molar-refractivity contribution is 7.99. The van der Waals surface area contributed by atoms with Gasteiger partial charge in [0, 0.05) is 6.54 Å². The van der Waals surface area contributed by atoms with E-state index in [4.69, 9.17) is 10.5 Å². The molecule has 7 nitrogen and oxygen atoms in total. The van der Waals surface area contributed by atoms with Crippen LogP contribution in [0.1, 0.15) is 6.42 Å². The number of thioether (sulfide) groups is 1. The van der Waals surface area contributed by atoms with Crippen LogP contribution in [0.4, 0.5) is 0 Å². The first kappa shape index (κ1) is 14.7. The number of fused-ring (bicyclic) bond motifs is 1. The van der Waals surface area contributed by atoms with Crippen molar-refractivity contribution >= 4 is 41.3 Å². The Kier molecular flexibility index (Phi) is 5.83. The van der Waals surface area contributed by atoms with Gasteiger partial charge in [-0.15, -0.1) is 12.4 Å². The molecule has 0 saturated carbocycles. The molecule has 0 aliphatic heterocycles. The Morgan fingerprint density at radius 1 is 1.44 bits per heavy atom. The summed E-state index contributed by atoms with van der Waals surface area (Å²) < 4.78 is 4.96. The molecule has 0 spiro atoms. The van der Waals surface area contributed by atoms with E-state index in [2.05, 4.69) is 19.9 Å². The molecule has 2 aromatic rings. The van der Waals surface area contributed by atoms with Crippen LogP contribution in [0.2, 0.25) is 0 Å². The second-order valence-electron chi connectivity index (χ2n) is 3.10. The molecule has 0 unspecified atom stereocenters. The Morgan fingerprint density at radius 2 is 2.28 bits per heavy atom. The first-order valence-corrected chi connectivity index (χ1v) is 5.92. The van der Waals surface area contributed by atoms with Gasteiger partial charge < -0.3 is 15.5 Å². The Balaban J connectivity index is 0.00000162. The Hall–Kier alpha value is -1.38. The molecule has 2 rings (SSSR count). The Bertz CT molecular complexity index is 520. The molecule has 2 heterocycles. The van der Waals surface area contributed by atoms with Gasteiger partial charge in [-0.1, -0.05) is 11.8 Å². The number of nitrogens with one attached hydrogen (secondary N) is 1. The van der Waals surface area contributed by atoms with Crippen LogP contribution in [-0.4, -0.2) is 38.4 Å². The average molecular weight is 290 g/mol. The predicted molar refractivity (Wildman–Crippen MR) is 69.4 cm³/mol. The van der Waals surface area contributed by atoms with E-state index in [-0.39, 0.29) is 30.7 Å². The predicted octanol–water partition coefficient (Wildman–Crippen LogP) is 0.716. The second-order valence-corrected chi connectivity index (χ2v) is 4.01. The molecule has 0 aromatic carbocycles. The number of H-pyrrole nitrogens is 1. The lowest BCUT2D eigenvalue weighted by Gasteiger charge is -2.03. The maximum absolute atomic E-state index is 11.1. The average Bonchev–Trinajstić information content (AvgIpc) is 2.78. The number of esters is 1. The maximum Gasteiger partial charge on any atom is 0.307 e. The van der Waals surface area contributed by atoms with E-state index in [9.17, 15) is 4.79 Å². The zero-order valence-electron chi connectivity index (χ0n) is 9.33. The fourth-order valence-corrected chi connectivity index (χ4v) is 1.91. The van der Waals surface area contributed by atoms with Gasteiger partial charge in [0.15, 0.2) is 5.65 Å². The van der Waals surface area contributed by atoms with Crippen molar-refractivity contribution < 1.29 is 9.53 Å². The van der Waals surface area contributed by atoms with E-state index >= 15 is 0 Å². The quantitative estimate of drug-likeness (QED) is 0.361. The number of aromatic nitrogens is 4. The van der Waals surface area contributed by atoms with Crippen molar-refractivity contribution in [3.63, 3.8) is 0 Å². The molecule has 0 aliphatic carbocycles. The van der Waals surface area contributed by atoms with Gasteiger partial charge in [0.05, 0.1) is 12.7 Å². The lowest BCUT2D eigenvalue weighted by molar-refractivity contribution is -0.141. The lowest BCUT2D eigenvalue weighted by Crippen LogP contribution is -2.10. The summed E-state index contributed by atoms with van der Waals surface area (Å²) >= 11 is 1.30. The van der Waals surface area contributed by atoms with Crippen molar-refractivity contribution in [2.24, 2.45) is 5.73 Å². The number of carbonyl (C=O) groups excluding carboxylic acids is 1. The van der Waals surface area contributed by atoms with Gasteiger partial charge in [0.1, 0.15) is 22.8 Å². The van der Waals surface area contributed by atoms with Gasteiger partial charge in [-0.2, -0.15) is 0 Å². The molecule has 98 valence electrons. The minimum absolute atomic E-state index is 0. The smallest absolute Gasteiger partial charge is 0.307 e. The number of carbonyl (C=O) groups is 1. The number of hydrogen-bond donors (Lipinski definition) is 2.